The van der Waals surface area contributed by atoms with Crippen molar-refractivity contribution in [1.29, 1.82) is 0 Å². The number of nitrogens with zero attached hydrogens (tertiary/aromatic N) is 4. The lowest BCUT2D eigenvalue weighted by Gasteiger charge is -2.28. The Kier molecular flexibility index (Phi) is 4.80. The van der Waals surface area contributed by atoms with Gasteiger partial charge in [-0.2, -0.15) is 0 Å². The van der Waals surface area contributed by atoms with Gasteiger partial charge in [-0.05, 0) is 18.4 Å². The highest BCUT2D eigenvalue weighted by Crippen LogP contribution is 2.19. The summed E-state index contributed by atoms with van der Waals surface area (Å²) in [6.07, 6.45) is 5.70. The molecule has 2 rings (SSSR count). The Hall–Kier alpha value is -1.65. The van der Waals surface area contributed by atoms with E-state index >= 15 is 0 Å². The van der Waals surface area contributed by atoms with Gasteiger partial charge in [0.15, 0.2) is 0 Å². The van der Waals surface area contributed by atoms with E-state index in [2.05, 4.69) is 21.8 Å². The van der Waals surface area contributed by atoms with Crippen molar-refractivity contribution in [3.63, 3.8) is 0 Å². The summed E-state index contributed by atoms with van der Waals surface area (Å²) in [5.41, 5.74) is 0.840. The molecule has 1 fully saturated rings. The van der Waals surface area contributed by atoms with Crippen molar-refractivity contribution >= 4 is 11.9 Å². The Morgan fingerprint density at radius 2 is 1.81 bits per heavy atom. The van der Waals surface area contributed by atoms with Crippen molar-refractivity contribution in [2.24, 2.45) is 5.41 Å². The van der Waals surface area contributed by atoms with Gasteiger partial charge in [0.1, 0.15) is 0 Å². The van der Waals surface area contributed by atoms with Gasteiger partial charge in [-0.25, -0.2) is 9.97 Å². The van der Waals surface area contributed by atoms with Crippen LogP contribution in [0.25, 0.3) is 0 Å². The molecule has 0 atom stereocenters. The summed E-state index contributed by atoms with van der Waals surface area (Å²) in [5, 5.41) is 0. The molecule has 1 aliphatic heterocycles. The van der Waals surface area contributed by atoms with Gasteiger partial charge in [0, 0.05) is 44.0 Å². The number of aryl methyl sites for hydroxylation is 1. The van der Waals surface area contributed by atoms with E-state index in [1.807, 2.05) is 38.1 Å². The second-order valence-corrected chi connectivity index (χ2v) is 6.63. The number of hydrogen-bond acceptors (Lipinski definition) is 4. The van der Waals surface area contributed by atoms with E-state index in [1.54, 1.807) is 0 Å². The van der Waals surface area contributed by atoms with Crippen molar-refractivity contribution in [2.45, 2.75) is 40.5 Å². The van der Waals surface area contributed by atoms with E-state index in [9.17, 15) is 4.79 Å². The predicted octanol–water partition coefficient (Wildman–Crippen LogP) is 2.12. The molecular weight excluding hydrogens is 264 g/mol. The molecule has 1 aliphatic rings. The SMILES string of the molecule is CCc1cnc(N2CCCN(C(=O)C(C)(C)C)CC2)nc1. The zero-order valence-electron chi connectivity index (χ0n) is 13.6. The number of amides is 1. The fourth-order valence-electron chi connectivity index (χ4n) is 2.49. The highest BCUT2D eigenvalue weighted by atomic mass is 16.2. The van der Waals surface area contributed by atoms with E-state index in [4.69, 9.17) is 0 Å². The Bertz CT molecular complexity index is 478. The van der Waals surface area contributed by atoms with Gasteiger partial charge < -0.3 is 9.80 Å². The highest BCUT2D eigenvalue weighted by molar-refractivity contribution is 5.81. The van der Waals surface area contributed by atoms with Crippen LogP contribution in [0, 0.1) is 5.41 Å². The zero-order chi connectivity index (χ0) is 15.5. The minimum Gasteiger partial charge on any atom is -0.340 e. The quantitative estimate of drug-likeness (QED) is 0.837. The number of aromatic nitrogens is 2. The minimum absolute atomic E-state index is 0.228. The van der Waals surface area contributed by atoms with Gasteiger partial charge in [0.05, 0.1) is 0 Å². The van der Waals surface area contributed by atoms with Crippen LogP contribution in [0.1, 0.15) is 39.7 Å². The van der Waals surface area contributed by atoms with E-state index in [0.717, 1.165) is 50.5 Å². The first-order chi connectivity index (χ1) is 9.91. The average molecular weight is 290 g/mol. The number of rotatable bonds is 2. The first kappa shape index (κ1) is 15.7. The number of hydrogen-bond donors (Lipinski definition) is 0. The second-order valence-electron chi connectivity index (χ2n) is 6.63. The fraction of sp³-hybridized carbons (Fsp3) is 0.688. The maximum Gasteiger partial charge on any atom is 0.228 e. The van der Waals surface area contributed by atoms with Crippen LogP contribution in [0.2, 0.25) is 0 Å². The summed E-state index contributed by atoms with van der Waals surface area (Å²) >= 11 is 0. The van der Waals surface area contributed by atoms with Crippen LogP contribution in [0.5, 0.6) is 0 Å². The topological polar surface area (TPSA) is 49.3 Å². The average Bonchev–Trinajstić information content (AvgIpc) is 2.71. The lowest BCUT2D eigenvalue weighted by atomic mass is 9.94. The largest absolute Gasteiger partial charge is 0.340 e. The molecule has 0 saturated carbocycles. The van der Waals surface area contributed by atoms with Crippen molar-refractivity contribution in [3.8, 4) is 0 Å². The van der Waals surface area contributed by atoms with Crippen molar-refractivity contribution in [3.05, 3.63) is 18.0 Å². The predicted molar refractivity (Wildman–Crippen MR) is 84.3 cm³/mol. The van der Waals surface area contributed by atoms with Crippen LogP contribution < -0.4 is 4.90 Å². The maximum atomic E-state index is 12.4. The second kappa shape index (κ2) is 6.41. The lowest BCUT2D eigenvalue weighted by Crippen LogP contribution is -2.41. The molecule has 116 valence electrons. The van der Waals surface area contributed by atoms with Crippen LogP contribution in [0.4, 0.5) is 5.95 Å². The summed E-state index contributed by atoms with van der Waals surface area (Å²) in [5.74, 6) is 1.00. The van der Waals surface area contributed by atoms with Gasteiger partial charge in [0.2, 0.25) is 11.9 Å². The van der Waals surface area contributed by atoms with Gasteiger partial charge >= 0.3 is 0 Å². The van der Waals surface area contributed by atoms with E-state index < -0.39 is 0 Å². The molecule has 0 aliphatic carbocycles. The number of anilines is 1. The highest BCUT2D eigenvalue weighted by Gasteiger charge is 2.28. The van der Waals surface area contributed by atoms with Gasteiger partial charge in [-0.3, -0.25) is 4.79 Å². The van der Waals surface area contributed by atoms with Crippen LogP contribution >= 0.6 is 0 Å². The molecule has 5 heteroatoms. The summed E-state index contributed by atoms with van der Waals surface area (Å²) in [7, 11) is 0. The molecule has 0 spiro atoms. The van der Waals surface area contributed by atoms with Crippen molar-refractivity contribution in [2.75, 3.05) is 31.1 Å². The van der Waals surface area contributed by atoms with E-state index in [-0.39, 0.29) is 11.3 Å². The lowest BCUT2D eigenvalue weighted by molar-refractivity contribution is -0.139. The third-order valence-corrected chi connectivity index (χ3v) is 3.81. The van der Waals surface area contributed by atoms with Gasteiger partial charge in [0.25, 0.3) is 0 Å². The minimum atomic E-state index is -0.311. The third-order valence-electron chi connectivity index (χ3n) is 3.81. The molecule has 1 amide bonds. The summed E-state index contributed by atoms with van der Waals surface area (Å²) in [6, 6.07) is 0. The molecule has 0 radical (unpaired) electrons. The summed E-state index contributed by atoms with van der Waals surface area (Å²) in [6.45, 7) is 11.3. The summed E-state index contributed by atoms with van der Waals surface area (Å²) in [4.78, 5) is 25.4. The molecule has 1 aromatic rings. The van der Waals surface area contributed by atoms with E-state index in [1.165, 1.54) is 0 Å². The standard InChI is InChI=1S/C16H26N4O/c1-5-13-11-17-15(18-12-13)20-8-6-7-19(9-10-20)14(21)16(2,3)4/h11-12H,5-10H2,1-4H3. The van der Waals surface area contributed by atoms with E-state index in [0.29, 0.717) is 0 Å². The Morgan fingerprint density at radius 1 is 1.14 bits per heavy atom. The van der Waals surface area contributed by atoms with Gasteiger partial charge in [-0.1, -0.05) is 27.7 Å². The van der Waals surface area contributed by atoms with Gasteiger partial charge in [-0.15, -0.1) is 0 Å². The smallest absolute Gasteiger partial charge is 0.228 e. The molecular formula is C16H26N4O. The maximum absolute atomic E-state index is 12.4. The molecule has 1 saturated heterocycles. The van der Waals surface area contributed by atoms with Crippen LogP contribution in [-0.2, 0) is 11.2 Å². The zero-order valence-corrected chi connectivity index (χ0v) is 13.6. The third kappa shape index (κ3) is 3.93. The van der Waals surface area contributed by atoms with Crippen molar-refractivity contribution in [1.82, 2.24) is 14.9 Å². The normalized spacial score (nSPS) is 16.8. The molecule has 2 heterocycles. The first-order valence-electron chi connectivity index (χ1n) is 7.77. The molecule has 1 aromatic heterocycles. The summed E-state index contributed by atoms with van der Waals surface area (Å²) < 4.78 is 0. The Morgan fingerprint density at radius 3 is 2.38 bits per heavy atom. The molecule has 0 unspecified atom stereocenters. The Labute approximate surface area is 127 Å². The number of carbonyl (C=O) groups excluding carboxylic acids is 1. The Balaban J connectivity index is 2.01. The monoisotopic (exact) mass is 290 g/mol. The number of carbonyl (C=O) groups is 1. The molecule has 21 heavy (non-hydrogen) atoms. The van der Waals surface area contributed by atoms with Crippen molar-refractivity contribution < 1.29 is 4.79 Å². The van der Waals surface area contributed by atoms with Crippen LogP contribution in [-0.4, -0.2) is 47.0 Å². The first-order valence-corrected chi connectivity index (χ1v) is 7.77. The molecule has 0 N–H and O–H groups in total. The van der Waals surface area contributed by atoms with Crippen LogP contribution in [0.3, 0.4) is 0 Å². The molecule has 0 aromatic carbocycles. The molecule has 0 bridgehead atoms. The van der Waals surface area contributed by atoms with Crippen LogP contribution in [0.15, 0.2) is 12.4 Å². The molecule has 5 nitrogen and oxygen atoms in total. The fourth-order valence-corrected chi connectivity index (χ4v) is 2.49.